The van der Waals surface area contributed by atoms with Gasteiger partial charge in [0.25, 0.3) is 0 Å². The van der Waals surface area contributed by atoms with Crippen molar-refractivity contribution in [2.45, 2.75) is 77.9 Å². The van der Waals surface area contributed by atoms with Crippen molar-refractivity contribution in [3.63, 3.8) is 0 Å². The lowest BCUT2D eigenvalue weighted by molar-refractivity contribution is 0.195. The third-order valence-corrected chi connectivity index (χ3v) is 4.96. The predicted octanol–water partition coefficient (Wildman–Crippen LogP) is 3.74. The molecule has 1 aromatic rings. The topological polar surface area (TPSA) is 29.9 Å². The molecule has 2 fully saturated rings. The highest BCUT2D eigenvalue weighted by Gasteiger charge is 2.35. The normalized spacial score (nSPS) is 21.8. The number of aromatic nitrogens is 2. The summed E-state index contributed by atoms with van der Waals surface area (Å²) in [6.07, 6.45) is 13.8. The molecule has 2 aliphatic rings. The van der Waals surface area contributed by atoms with E-state index in [4.69, 9.17) is 0 Å². The third-order valence-electron chi connectivity index (χ3n) is 4.96. The summed E-state index contributed by atoms with van der Waals surface area (Å²) in [7, 11) is 0. The third kappa shape index (κ3) is 3.43. The van der Waals surface area contributed by atoms with Crippen LogP contribution in [0.25, 0.3) is 0 Å². The van der Waals surface area contributed by atoms with Crippen LogP contribution in [0.3, 0.4) is 0 Å². The number of nitrogens with zero attached hydrogens (tertiary/aromatic N) is 2. The van der Waals surface area contributed by atoms with Crippen LogP contribution in [0.4, 0.5) is 0 Å². The average Bonchev–Trinajstić information content (AvgIpc) is 2.96. The Morgan fingerprint density at radius 2 is 2.10 bits per heavy atom. The van der Waals surface area contributed by atoms with Gasteiger partial charge in [-0.3, -0.25) is 0 Å². The zero-order chi connectivity index (χ0) is 14.0. The largest absolute Gasteiger partial charge is 0.333 e. The van der Waals surface area contributed by atoms with Crippen LogP contribution in [-0.4, -0.2) is 15.6 Å². The zero-order valence-corrected chi connectivity index (χ0v) is 13.1. The lowest BCUT2D eigenvalue weighted by Gasteiger charge is -2.32. The summed E-state index contributed by atoms with van der Waals surface area (Å²) in [5.41, 5.74) is 1.90. The first-order valence-corrected chi connectivity index (χ1v) is 8.39. The Labute approximate surface area is 123 Å². The standard InChI is InChI=1S/C17H29N3/c1-14(2)9-17(7-3-4-8-17)12-20-13-18-10-16(20)11-19-15-5-6-15/h10,13-15,19H,3-9,11-12H2,1-2H3. The van der Waals surface area contributed by atoms with Gasteiger partial charge < -0.3 is 9.88 Å². The summed E-state index contributed by atoms with van der Waals surface area (Å²) in [4.78, 5) is 4.40. The molecule has 3 nitrogen and oxygen atoms in total. The molecule has 0 aromatic carbocycles. The first kappa shape index (κ1) is 14.1. The molecule has 0 bridgehead atoms. The van der Waals surface area contributed by atoms with Crippen LogP contribution in [0.5, 0.6) is 0 Å². The second kappa shape index (κ2) is 5.88. The van der Waals surface area contributed by atoms with Gasteiger partial charge in [-0.1, -0.05) is 26.7 Å². The van der Waals surface area contributed by atoms with Gasteiger partial charge in [-0.25, -0.2) is 4.98 Å². The summed E-state index contributed by atoms with van der Waals surface area (Å²) in [6.45, 7) is 6.89. The predicted molar refractivity (Wildman–Crippen MR) is 82.4 cm³/mol. The maximum atomic E-state index is 4.40. The Morgan fingerprint density at radius 1 is 1.35 bits per heavy atom. The summed E-state index contributed by atoms with van der Waals surface area (Å²) in [5, 5.41) is 3.62. The van der Waals surface area contributed by atoms with Crippen molar-refractivity contribution in [3.05, 3.63) is 18.2 Å². The molecule has 0 spiro atoms. The molecule has 1 aromatic heterocycles. The van der Waals surface area contributed by atoms with Gasteiger partial charge in [0.1, 0.15) is 0 Å². The molecule has 112 valence electrons. The smallest absolute Gasteiger partial charge is 0.0948 e. The van der Waals surface area contributed by atoms with E-state index in [1.165, 1.54) is 57.2 Å². The SMILES string of the molecule is CC(C)CC1(Cn2cncc2CNC2CC2)CCCC1. The minimum absolute atomic E-state index is 0.531. The molecule has 20 heavy (non-hydrogen) atoms. The van der Waals surface area contributed by atoms with E-state index in [-0.39, 0.29) is 0 Å². The molecule has 0 radical (unpaired) electrons. The van der Waals surface area contributed by atoms with E-state index in [0.717, 1.165) is 18.5 Å². The first-order chi connectivity index (χ1) is 9.67. The van der Waals surface area contributed by atoms with E-state index >= 15 is 0 Å². The molecule has 3 heteroatoms. The Bertz CT molecular complexity index is 425. The molecule has 0 saturated heterocycles. The summed E-state index contributed by atoms with van der Waals surface area (Å²) < 4.78 is 2.42. The lowest BCUT2D eigenvalue weighted by atomic mass is 9.78. The molecular formula is C17H29N3. The van der Waals surface area contributed by atoms with E-state index < -0.39 is 0 Å². The molecule has 2 aliphatic carbocycles. The van der Waals surface area contributed by atoms with Gasteiger partial charge in [0, 0.05) is 25.3 Å². The van der Waals surface area contributed by atoms with Gasteiger partial charge >= 0.3 is 0 Å². The number of nitrogens with one attached hydrogen (secondary N) is 1. The molecule has 0 unspecified atom stereocenters. The highest BCUT2D eigenvalue weighted by Crippen LogP contribution is 2.44. The van der Waals surface area contributed by atoms with Crippen LogP contribution in [0.1, 0.15) is 64.5 Å². The molecule has 3 rings (SSSR count). The summed E-state index contributed by atoms with van der Waals surface area (Å²) >= 11 is 0. The Kier molecular flexibility index (Phi) is 4.16. The molecule has 0 amide bonds. The van der Waals surface area contributed by atoms with Crippen LogP contribution in [0, 0.1) is 11.3 Å². The van der Waals surface area contributed by atoms with Crippen LogP contribution >= 0.6 is 0 Å². The van der Waals surface area contributed by atoms with Crippen LogP contribution in [0.15, 0.2) is 12.5 Å². The highest BCUT2D eigenvalue weighted by molar-refractivity contribution is 5.01. The number of rotatable bonds is 7. The molecule has 1 N–H and O–H groups in total. The quantitative estimate of drug-likeness (QED) is 0.821. The maximum Gasteiger partial charge on any atom is 0.0948 e. The molecule has 0 atom stereocenters. The molecular weight excluding hydrogens is 246 g/mol. The average molecular weight is 275 g/mol. The summed E-state index contributed by atoms with van der Waals surface area (Å²) in [5.74, 6) is 0.796. The van der Waals surface area contributed by atoms with Gasteiger partial charge in [0.2, 0.25) is 0 Å². The molecule has 2 saturated carbocycles. The van der Waals surface area contributed by atoms with Crippen molar-refractivity contribution in [2.75, 3.05) is 0 Å². The van der Waals surface area contributed by atoms with E-state index in [1.54, 1.807) is 0 Å². The Balaban J connectivity index is 1.66. The fourth-order valence-corrected chi connectivity index (χ4v) is 3.95. The molecule has 1 heterocycles. The summed E-state index contributed by atoms with van der Waals surface area (Å²) in [6, 6.07) is 0.773. The maximum absolute atomic E-state index is 4.40. The van der Waals surface area contributed by atoms with Crippen LogP contribution in [0.2, 0.25) is 0 Å². The number of hydrogen-bond acceptors (Lipinski definition) is 2. The van der Waals surface area contributed by atoms with E-state index in [1.807, 2.05) is 12.5 Å². The monoisotopic (exact) mass is 275 g/mol. The molecule has 0 aliphatic heterocycles. The second-order valence-corrected chi connectivity index (χ2v) is 7.47. The first-order valence-electron chi connectivity index (χ1n) is 8.39. The second-order valence-electron chi connectivity index (χ2n) is 7.47. The van der Waals surface area contributed by atoms with Crippen molar-refractivity contribution in [1.82, 2.24) is 14.9 Å². The number of imidazole rings is 1. The number of hydrogen-bond donors (Lipinski definition) is 1. The lowest BCUT2D eigenvalue weighted by Crippen LogP contribution is -2.27. The van der Waals surface area contributed by atoms with Crippen molar-refractivity contribution < 1.29 is 0 Å². The van der Waals surface area contributed by atoms with Gasteiger partial charge in [-0.05, 0) is 43.4 Å². The minimum atomic E-state index is 0.531. The van der Waals surface area contributed by atoms with Crippen LogP contribution in [-0.2, 0) is 13.1 Å². The van der Waals surface area contributed by atoms with Crippen molar-refractivity contribution in [1.29, 1.82) is 0 Å². The van der Waals surface area contributed by atoms with Gasteiger partial charge in [0.15, 0.2) is 0 Å². The van der Waals surface area contributed by atoms with E-state index in [0.29, 0.717) is 5.41 Å². The van der Waals surface area contributed by atoms with Crippen LogP contribution < -0.4 is 5.32 Å². The highest BCUT2D eigenvalue weighted by atomic mass is 15.1. The fraction of sp³-hybridized carbons (Fsp3) is 0.824. The van der Waals surface area contributed by atoms with Gasteiger partial charge in [-0.15, -0.1) is 0 Å². The van der Waals surface area contributed by atoms with E-state index in [9.17, 15) is 0 Å². The van der Waals surface area contributed by atoms with Crippen molar-refractivity contribution >= 4 is 0 Å². The fourth-order valence-electron chi connectivity index (χ4n) is 3.95. The van der Waals surface area contributed by atoms with Crippen molar-refractivity contribution in [3.8, 4) is 0 Å². The Hall–Kier alpha value is -0.830. The van der Waals surface area contributed by atoms with Crippen molar-refractivity contribution in [2.24, 2.45) is 11.3 Å². The Morgan fingerprint density at radius 3 is 2.75 bits per heavy atom. The van der Waals surface area contributed by atoms with E-state index in [2.05, 4.69) is 28.7 Å². The zero-order valence-electron chi connectivity index (χ0n) is 13.1. The van der Waals surface area contributed by atoms with Gasteiger partial charge in [-0.2, -0.15) is 0 Å². The van der Waals surface area contributed by atoms with Gasteiger partial charge in [0.05, 0.1) is 12.0 Å². The minimum Gasteiger partial charge on any atom is -0.333 e.